The molecule has 34 heavy (non-hydrogen) atoms. The summed E-state index contributed by atoms with van der Waals surface area (Å²) in [6, 6.07) is 11.7. The zero-order chi connectivity index (χ0) is 24.7. The highest BCUT2D eigenvalue weighted by Gasteiger charge is 2.32. The average molecular weight is 491 g/mol. The third kappa shape index (κ3) is 7.09. The number of hydrogen-bond acceptors (Lipinski definition) is 5. The van der Waals surface area contributed by atoms with Crippen LogP contribution in [0.25, 0.3) is 0 Å². The van der Waals surface area contributed by atoms with Gasteiger partial charge in [-0.25, -0.2) is 17.5 Å². The van der Waals surface area contributed by atoms with Crippen LogP contribution in [0.3, 0.4) is 0 Å². The Bertz CT molecular complexity index is 1140. The van der Waals surface area contributed by atoms with E-state index in [0.29, 0.717) is 24.9 Å². The monoisotopic (exact) mass is 490 g/mol. The van der Waals surface area contributed by atoms with E-state index in [0.717, 1.165) is 0 Å². The Labute approximate surface area is 197 Å². The van der Waals surface area contributed by atoms with Gasteiger partial charge in [0.25, 0.3) is 0 Å². The maximum Gasteiger partial charge on any atom is 0.245 e. The first-order valence-corrected chi connectivity index (χ1v) is 12.3. The summed E-state index contributed by atoms with van der Waals surface area (Å²) in [5, 5.41) is 2.51. The summed E-state index contributed by atoms with van der Waals surface area (Å²) in [4.78, 5) is 38.7. The first kappa shape index (κ1) is 25.3. The largest absolute Gasteiger partial charge is 0.370 e. The van der Waals surface area contributed by atoms with Crippen molar-refractivity contribution >= 4 is 27.7 Å². The number of halogens is 1. The van der Waals surface area contributed by atoms with Gasteiger partial charge in [0.05, 0.1) is 17.7 Å². The molecule has 2 atom stereocenters. The molecule has 11 heteroatoms. The summed E-state index contributed by atoms with van der Waals surface area (Å²) in [6.07, 6.45) is 0.473. The molecule has 0 saturated carbocycles. The summed E-state index contributed by atoms with van der Waals surface area (Å²) in [6.45, 7) is 0.428. The van der Waals surface area contributed by atoms with E-state index < -0.39 is 52.1 Å². The minimum atomic E-state index is -3.77. The fraction of sp³-hybridized carbons (Fsp3) is 0.348. The summed E-state index contributed by atoms with van der Waals surface area (Å²) < 4.78 is 41.3. The van der Waals surface area contributed by atoms with Gasteiger partial charge in [0.2, 0.25) is 27.7 Å². The van der Waals surface area contributed by atoms with Gasteiger partial charge in [-0.1, -0.05) is 30.3 Å². The average Bonchev–Trinajstić information content (AvgIpc) is 2.78. The van der Waals surface area contributed by atoms with Gasteiger partial charge in [0.15, 0.2) is 0 Å². The predicted octanol–water partition coefficient (Wildman–Crippen LogP) is 0.698. The van der Waals surface area contributed by atoms with Crippen LogP contribution in [0, 0.1) is 5.82 Å². The van der Waals surface area contributed by atoms with E-state index in [1.807, 2.05) is 0 Å². The minimum absolute atomic E-state index is 0.0833. The smallest absolute Gasteiger partial charge is 0.245 e. The normalized spacial score (nSPS) is 17.1. The molecule has 4 N–H and O–H groups in total. The van der Waals surface area contributed by atoms with Crippen molar-refractivity contribution in [3.05, 3.63) is 66.0 Å². The molecule has 1 fully saturated rings. The van der Waals surface area contributed by atoms with Crippen molar-refractivity contribution in [2.24, 2.45) is 5.73 Å². The van der Waals surface area contributed by atoms with Crippen LogP contribution in [0.2, 0.25) is 0 Å². The van der Waals surface area contributed by atoms with Crippen molar-refractivity contribution in [2.75, 3.05) is 13.1 Å². The van der Waals surface area contributed by atoms with E-state index in [2.05, 4.69) is 10.0 Å². The SMILES string of the molecule is NC(=O)CC(NC(=O)Cc1cccc(F)c1)C(=O)N1CCCC(NS(=O)(=O)c2ccccc2)C1. The molecule has 0 aliphatic carbocycles. The Balaban J connectivity index is 1.66. The molecule has 2 aromatic rings. The number of hydrogen-bond donors (Lipinski definition) is 3. The molecule has 3 amide bonds. The second kappa shape index (κ2) is 11.2. The molecule has 0 radical (unpaired) electrons. The van der Waals surface area contributed by atoms with Crippen LogP contribution in [0.1, 0.15) is 24.8 Å². The van der Waals surface area contributed by atoms with Crippen molar-refractivity contribution in [1.29, 1.82) is 0 Å². The topological polar surface area (TPSA) is 139 Å². The fourth-order valence-corrected chi connectivity index (χ4v) is 5.14. The van der Waals surface area contributed by atoms with Gasteiger partial charge in [0.1, 0.15) is 11.9 Å². The Hall–Kier alpha value is -3.31. The number of likely N-dealkylation sites (tertiary alicyclic amines) is 1. The molecule has 9 nitrogen and oxygen atoms in total. The van der Waals surface area contributed by atoms with Gasteiger partial charge >= 0.3 is 0 Å². The zero-order valence-corrected chi connectivity index (χ0v) is 19.3. The van der Waals surface area contributed by atoms with Gasteiger partial charge in [-0.15, -0.1) is 0 Å². The number of rotatable bonds is 9. The van der Waals surface area contributed by atoms with Gasteiger partial charge < -0.3 is 16.0 Å². The molecule has 0 spiro atoms. The number of nitrogens with two attached hydrogens (primary N) is 1. The second-order valence-electron chi connectivity index (χ2n) is 8.15. The van der Waals surface area contributed by atoms with Gasteiger partial charge in [-0.2, -0.15) is 0 Å². The first-order chi connectivity index (χ1) is 16.1. The maximum atomic E-state index is 13.4. The van der Waals surface area contributed by atoms with E-state index in [4.69, 9.17) is 5.73 Å². The third-order valence-electron chi connectivity index (χ3n) is 5.40. The minimum Gasteiger partial charge on any atom is -0.370 e. The predicted molar refractivity (Wildman–Crippen MR) is 122 cm³/mol. The summed E-state index contributed by atoms with van der Waals surface area (Å²) in [5.74, 6) is -2.37. The van der Waals surface area contributed by atoms with E-state index >= 15 is 0 Å². The van der Waals surface area contributed by atoms with Crippen LogP contribution in [0.4, 0.5) is 4.39 Å². The quantitative estimate of drug-likeness (QED) is 0.475. The molecule has 1 aliphatic rings. The lowest BCUT2D eigenvalue weighted by Crippen LogP contribution is -2.55. The molecule has 1 saturated heterocycles. The molecule has 1 heterocycles. The highest BCUT2D eigenvalue weighted by molar-refractivity contribution is 7.89. The van der Waals surface area contributed by atoms with Crippen LogP contribution >= 0.6 is 0 Å². The summed E-state index contributed by atoms with van der Waals surface area (Å²) in [5.41, 5.74) is 5.69. The van der Waals surface area contributed by atoms with Crippen LogP contribution in [0.15, 0.2) is 59.5 Å². The number of nitrogens with one attached hydrogen (secondary N) is 2. The highest BCUT2D eigenvalue weighted by atomic mass is 32.2. The first-order valence-electron chi connectivity index (χ1n) is 10.8. The number of carbonyl (C=O) groups is 3. The van der Waals surface area contributed by atoms with Crippen molar-refractivity contribution in [1.82, 2.24) is 14.9 Å². The third-order valence-corrected chi connectivity index (χ3v) is 6.94. The highest BCUT2D eigenvalue weighted by Crippen LogP contribution is 2.16. The molecule has 182 valence electrons. The van der Waals surface area contributed by atoms with Crippen molar-refractivity contribution in [2.45, 2.75) is 42.7 Å². The van der Waals surface area contributed by atoms with E-state index in [9.17, 15) is 27.2 Å². The Morgan fingerprint density at radius 1 is 1.12 bits per heavy atom. The lowest BCUT2D eigenvalue weighted by molar-refractivity contribution is -0.139. The standard InChI is InChI=1S/C23H27FN4O5S/c24-17-7-4-6-16(12-17)13-22(30)26-20(14-21(25)29)23(31)28-11-5-8-18(15-28)27-34(32,33)19-9-2-1-3-10-19/h1-4,6-7,9-10,12,18,20,27H,5,8,11,13-15H2,(H2,25,29)(H,26,30). The van der Waals surface area contributed by atoms with Gasteiger partial charge in [-0.3, -0.25) is 14.4 Å². The van der Waals surface area contributed by atoms with Crippen molar-refractivity contribution in [3.63, 3.8) is 0 Å². The number of carbonyl (C=O) groups excluding carboxylic acids is 3. The van der Waals surface area contributed by atoms with Crippen molar-refractivity contribution < 1.29 is 27.2 Å². The zero-order valence-electron chi connectivity index (χ0n) is 18.4. The molecule has 2 unspecified atom stereocenters. The molecular weight excluding hydrogens is 463 g/mol. The number of nitrogens with zero attached hydrogens (tertiary/aromatic N) is 1. The van der Waals surface area contributed by atoms with Crippen molar-refractivity contribution in [3.8, 4) is 0 Å². The van der Waals surface area contributed by atoms with E-state index in [-0.39, 0.29) is 17.9 Å². The van der Waals surface area contributed by atoms with Gasteiger partial charge in [0, 0.05) is 19.1 Å². The number of piperidine rings is 1. The van der Waals surface area contributed by atoms with Crippen LogP contribution in [-0.2, 0) is 30.8 Å². The molecule has 3 rings (SSSR count). The molecule has 2 aromatic carbocycles. The molecular formula is C23H27FN4O5S. The number of sulfonamides is 1. The molecule has 0 aromatic heterocycles. The van der Waals surface area contributed by atoms with E-state index in [1.165, 1.54) is 35.2 Å². The van der Waals surface area contributed by atoms with Crippen LogP contribution in [0.5, 0.6) is 0 Å². The Kier molecular flexibility index (Phi) is 8.35. The Morgan fingerprint density at radius 2 is 1.85 bits per heavy atom. The lowest BCUT2D eigenvalue weighted by Gasteiger charge is -2.35. The van der Waals surface area contributed by atoms with E-state index in [1.54, 1.807) is 24.3 Å². The molecule has 0 bridgehead atoms. The number of primary amides is 1. The van der Waals surface area contributed by atoms with Crippen LogP contribution < -0.4 is 15.8 Å². The fourth-order valence-electron chi connectivity index (χ4n) is 3.86. The number of amides is 3. The maximum absolute atomic E-state index is 13.4. The Morgan fingerprint density at radius 3 is 2.53 bits per heavy atom. The summed E-state index contributed by atoms with van der Waals surface area (Å²) in [7, 11) is -3.77. The molecule has 1 aliphatic heterocycles. The second-order valence-corrected chi connectivity index (χ2v) is 9.87. The summed E-state index contributed by atoms with van der Waals surface area (Å²) >= 11 is 0. The van der Waals surface area contributed by atoms with Crippen LogP contribution in [-0.4, -0.2) is 56.2 Å². The number of benzene rings is 2. The lowest BCUT2D eigenvalue weighted by atomic mass is 10.0. The van der Waals surface area contributed by atoms with Gasteiger partial charge in [-0.05, 0) is 42.7 Å².